The summed E-state index contributed by atoms with van der Waals surface area (Å²) < 4.78 is 0. The molecule has 0 aliphatic carbocycles. The molecule has 0 spiro atoms. The summed E-state index contributed by atoms with van der Waals surface area (Å²) in [6, 6.07) is 1.94. The van der Waals surface area contributed by atoms with Crippen molar-refractivity contribution in [1.82, 2.24) is 5.32 Å². The number of aliphatic carboxylic acids is 1. The van der Waals surface area contributed by atoms with Crippen molar-refractivity contribution in [2.24, 2.45) is 5.92 Å². The van der Waals surface area contributed by atoms with E-state index in [-0.39, 0.29) is 11.9 Å². The van der Waals surface area contributed by atoms with Crippen LogP contribution >= 0.6 is 11.3 Å². The van der Waals surface area contributed by atoms with Crippen LogP contribution in [0.3, 0.4) is 0 Å². The van der Waals surface area contributed by atoms with Crippen molar-refractivity contribution in [2.75, 3.05) is 0 Å². The highest BCUT2D eigenvalue weighted by Gasteiger charge is 2.14. The van der Waals surface area contributed by atoms with Crippen LogP contribution in [0.25, 0.3) is 6.08 Å². The van der Waals surface area contributed by atoms with E-state index in [0.717, 1.165) is 29.4 Å². The van der Waals surface area contributed by atoms with Crippen molar-refractivity contribution in [3.05, 3.63) is 27.5 Å². The molecule has 116 valence electrons. The van der Waals surface area contributed by atoms with E-state index in [1.807, 2.05) is 13.8 Å². The normalized spacial score (nSPS) is 12.8. The highest BCUT2D eigenvalue weighted by atomic mass is 32.1. The van der Waals surface area contributed by atoms with Crippen molar-refractivity contribution in [1.29, 1.82) is 0 Å². The fourth-order valence-electron chi connectivity index (χ4n) is 1.87. The van der Waals surface area contributed by atoms with Crippen LogP contribution in [0.1, 0.15) is 53.7 Å². The molecule has 0 radical (unpaired) electrons. The molecule has 0 aromatic carbocycles. The third kappa shape index (κ3) is 6.12. The Kier molecular flexibility index (Phi) is 6.62. The lowest BCUT2D eigenvalue weighted by atomic mass is 10.0. The van der Waals surface area contributed by atoms with Gasteiger partial charge in [-0.2, -0.15) is 0 Å². The average Bonchev–Trinajstić information content (AvgIpc) is 2.75. The average molecular weight is 309 g/mol. The van der Waals surface area contributed by atoms with E-state index in [1.165, 1.54) is 17.4 Å². The van der Waals surface area contributed by atoms with E-state index in [2.05, 4.69) is 19.2 Å². The molecular formula is C16H23NO3S. The smallest absolute Gasteiger partial charge is 0.328 e. The van der Waals surface area contributed by atoms with Gasteiger partial charge in [0.25, 0.3) is 5.91 Å². The van der Waals surface area contributed by atoms with Crippen LogP contribution in [0.15, 0.2) is 12.1 Å². The Labute approximate surface area is 129 Å². The number of hydrogen-bond donors (Lipinski definition) is 2. The molecule has 0 saturated heterocycles. The van der Waals surface area contributed by atoms with E-state index in [9.17, 15) is 9.59 Å². The molecular weight excluding hydrogens is 286 g/mol. The maximum Gasteiger partial charge on any atom is 0.328 e. The minimum atomic E-state index is -0.990. The zero-order valence-corrected chi connectivity index (χ0v) is 13.8. The van der Waals surface area contributed by atoms with Crippen molar-refractivity contribution in [3.8, 4) is 0 Å². The summed E-state index contributed by atoms with van der Waals surface area (Å²) in [4.78, 5) is 24.1. The molecule has 0 bridgehead atoms. The molecule has 4 nitrogen and oxygen atoms in total. The molecule has 2 N–H and O–H groups in total. The molecule has 5 heteroatoms. The first-order valence-electron chi connectivity index (χ1n) is 7.12. The molecule has 0 fully saturated rings. The number of aryl methyl sites for hydroxylation is 1. The molecule has 1 atom stereocenters. The van der Waals surface area contributed by atoms with E-state index < -0.39 is 5.97 Å². The number of rotatable bonds is 7. The fraction of sp³-hybridized carbons (Fsp3) is 0.500. The van der Waals surface area contributed by atoms with Gasteiger partial charge in [-0.15, -0.1) is 11.3 Å². The van der Waals surface area contributed by atoms with Gasteiger partial charge >= 0.3 is 5.97 Å². The molecule has 1 unspecified atom stereocenters. The topological polar surface area (TPSA) is 66.4 Å². The van der Waals surface area contributed by atoms with Gasteiger partial charge in [0.1, 0.15) is 0 Å². The van der Waals surface area contributed by atoms with E-state index in [0.29, 0.717) is 10.8 Å². The Morgan fingerprint density at radius 3 is 2.57 bits per heavy atom. The third-order valence-corrected chi connectivity index (χ3v) is 4.31. The number of carboxylic acids is 1. The van der Waals surface area contributed by atoms with Crippen molar-refractivity contribution >= 4 is 29.3 Å². The second-order valence-corrected chi connectivity index (χ2v) is 6.76. The molecule has 1 amide bonds. The Morgan fingerprint density at radius 2 is 2.00 bits per heavy atom. The van der Waals surface area contributed by atoms with Crippen LogP contribution in [-0.4, -0.2) is 23.0 Å². The van der Waals surface area contributed by atoms with Crippen LogP contribution in [0.4, 0.5) is 0 Å². The standard InChI is InChI=1S/C16H23NO3S/c1-10(2)5-6-12(4)17-16(20)14-9-11(3)13(21-14)7-8-15(18)19/h7-10,12H,5-6H2,1-4H3,(H,17,20)(H,18,19)/b8-7+. The Morgan fingerprint density at radius 1 is 1.33 bits per heavy atom. The number of carbonyl (C=O) groups excluding carboxylic acids is 1. The maximum atomic E-state index is 12.2. The lowest BCUT2D eigenvalue weighted by molar-refractivity contribution is -0.131. The van der Waals surface area contributed by atoms with Gasteiger partial charge in [0.15, 0.2) is 0 Å². The monoisotopic (exact) mass is 309 g/mol. The molecule has 1 aromatic heterocycles. The van der Waals surface area contributed by atoms with Gasteiger partial charge in [-0.1, -0.05) is 13.8 Å². The molecule has 0 saturated carbocycles. The van der Waals surface area contributed by atoms with Crippen LogP contribution in [0.5, 0.6) is 0 Å². The number of amides is 1. The van der Waals surface area contributed by atoms with Gasteiger partial charge in [-0.25, -0.2) is 4.79 Å². The summed E-state index contributed by atoms with van der Waals surface area (Å²) in [5.74, 6) is -0.452. The third-order valence-electron chi connectivity index (χ3n) is 3.11. The molecule has 1 heterocycles. The molecule has 0 aliphatic heterocycles. The van der Waals surface area contributed by atoms with Crippen LogP contribution in [0.2, 0.25) is 0 Å². The van der Waals surface area contributed by atoms with Gasteiger partial charge in [0.2, 0.25) is 0 Å². The lowest BCUT2D eigenvalue weighted by Crippen LogP contribution is -2.32. The van der Waals surface area contributed by atoms with Crippen molar-refractivity contribution < 1.29 is 14.7 Å². The number of carboxylic acid groups (broad SMARTS) is 1. The predicted molar refractivity (Wildman–Crippen MR) is 86.7 cm³/mol. The minimum absolute atomic E-state index is 0.0886. The number of hydrogen-bond acceptors (Lipinski definition) is 3. The van der Waals surface area contributed by atoms with E-state index >= 15 is 0 Å². The number of carbonyl (C=O) groups is 2. The van der Waals surface area contributed by atoms with E-state index in [1.54, 1.807) is 6.07 Å². The van der Waals surface area contributed by atoms with Gasteiger partial charge in [0.05, 0.1) is 4.88 Å². The second kappa shape index (κ2) is 7.98. The molecule has 1 rings (SSSR count). The first-order valence-corrected chi connectivity index (χ1v) is 7.93. The molecule has 1 aromatic rings. The summed E-state index contributed by atoms with van der Waals surface area (Å²) in [7, 11) is 0. The Bertz CT molecular complexity index is 532. The highest BCUT2D eigenvalue weighted by Crippen LogP contribution is 2.23. The summed E-state index contributed by atoms with van der Waals surface area (Å²) >= 11 is 1.31. The van der Waals surface area contributed by atoms with Gasteiger partial charge in [-0.05, 0) is 50.3 Å². The summed E-state index contributed by atoms with van der Waals surface area (Å²) in [5, 5.41) is 11.6. The fourth-order valence-corrected chi connectivity index (χ4v) is 2.85. The zero-order chi connectivity index (χ0) is 16.0. The maximum absolute atomic E-state index is 12.2. The number of nitrogens with one attached hydrogen (secondary N) is 1. The Hall–Kier alpha value is -1.62. The first kappa shape index (κ1) is 17.4. The van der Waals surface area contributed by atoms with Crippen LogP contribution < -0.4 is 5.32 Å². The second-order valence-electron chi connectivity index (χ2n) is 5.68. The summed E-state index contributed by atoms with van der Waals surface area (Å²) in [6.45, 7) is 8.21. The minimum Gasteiger partial charge on any atom is -0.478 e. The van der Waals surface area contributed by atoms with Gasteiger partial charge < -0.3 is 10.4 Å². The SMILES string of the molecule is Cc1cc(C(=O)NC(C)CCC(C)C)sc1/C=C/C(=O)O. The lowest BCUT2D eigenvalue weighted by Gasteiger charge is -2.14. The van der Waals surface area contributed by atoms with E-state index in [4.69, 9.17) is 5.11 Å². The van der Waals surface area contributed by atoms with Crippen LogP contribution in [-0.2, 0) is 4.79 Å². The van der Waals surface area contributed by atoms with Crippen molar-refractivity contribution in [3.63, 3.8) is 0 Å². The zero-order valence-electron chi connectivity index (χ0n) is 13.0. The Balaban J connectivity index is 2.66. The quantitative estimate of drug-likeness (QED) is 0.755. The summed E-state index contributed by atoms with van der Waals surface area (Å²) in [6.07, 6.45) is 4.66. The largest absolute Gasteiger partial charge is 0.478 e. The summed E-state index contributed by atoms with van der Waals surface area (Å²) in [5.41, 5.74) is 0.914. The molecule has 21 heavy (non-hydrogen) atoms. The van der Waals surface area contributed by atoms with Gasteiger partial charge in [-0.3, -0.25) is 4.79 Å². The molecule has 0 aliphatic rings. The highest BCUT2D eigenvalue weighted by molar-refractivity contribution is 7.15. The first-order chi connectivity index (χ1) is 9.79. The van der Waals surface area contributed by atoms with Crippen LogP contribution in [0, 0.1) is 12.8 Å². The predicted octanol–water partition coefficient (Wildman–Crippen LogP) is 3.71. The van der Waals surface area contributed by atoms with Crippen molar-refractivity contribution in [2.45, 2.75) is 46.6 Å². The van der Waals surface area contributed by atoms with Gasteiger partial charge in [0, 0.05) is 17.0 Å². The number of thiophene rings is 1.